The van der Waals surface area contributed by atoms with Crippen LogP contribution in [0.25, 0.3) is 0 Å². The van der Waals surface area contributed by atoms with E-state index in [2.05, 4.69) is 10.3 Å². The molecule has 1 atom stereocenters. The Hall–Kier alpha value is -1.40. The molecule has 0 aliphatic carbocycles. The van der Waals surface area contributed by atoms with Crippen molar-refractivity contribution in [2.24, 2.45) is 11.1 Å². The molecule has 100 valence electrons. The third-order valence-corrected chi connectivity index (χ3v) is 2.92. The van der Waals surface area contributed by atoms with Crippen LogP contribution in [0.4, 0.5) is 11.5 Å². The van der Waals surface area contributed by atoms with Gasteiger partial charge >= 0.3 is 0 Å². The highest BCUT2D eigenvalue weighted by Crippen LogP contribution is 2.27. The molecule has 0 saturated heterocycles. The molecule has 1 rings (SSSR count). The maximum atomic E-state index is 10.6. The van der Waals surface area contributed by atoms with Crippen molar-refractivity contribution in [3.8, 4) is 0 Å². The Kier molecular flexibility index (Phi) is 4.48. The number of anilines is 1. The molecule has 0 saturated carbocycles. The van der Waals surface area contributed by atoms with Crippen LogP contribution in [0, 0.1) is 15.5 Å². The number of rotatable bonds is 4. The van der Waals surface area contributed by atoms with E-state index < -0.39 is 4.92 Å². The summed E-state index contributed by atoms with van der Waals surface area (Å²) in [5.41, 5.74) is 5.49. The summed E-state index contributed by atoms with van der Waals surface area (Å²) in [4.78, 5) is 14.0. The van der Waals surface area contributed by atoms with Crippen LogP contribution >= 0.6 is 11.6 Å². The Bertz CT molecular complexity index is 445. The molecule has 18 heavy (non-hydrogen) atoms. The molecule has 0 aliphatic heterocycles. The predicted octanol–water partition coefficient (Wildman–Crippen LogP) is 2.43. The van der Waals surface area contributed by atoms with Crippen LogP contribution in [0.2, 0.25) is 5.02 Å². The molecule has 0 bridgehead atoms. The molecule has 1 unspecified atom stereocenters. The highest BCUT2D eigenvalue weighted by molar-refractivity contribution is 6.33. The fourth-order valence-corrected chi connectivity index (χ4v) is 1.64. The van der Waals surface area contributed by atoms with Crippen molar-refractivity contribution < 1.29 is 4.92 Å². The first-order chi connectivity index (χ1) is 8.25. The lowest BCUT2D eigenvalue weighted by Crippen LogP contribution is -2.40. The minimum absolute atomic E-state index is 0.0241. The maximum absolute atomic E-state index is 10.6. The van der Waals surface area contributed by atoms with Gasteiger partial charge in [0.05, 0.1) is 9.95 Å². The predicted molar refractivity (Wildman–Crippen MR) is 71.8 cm³/mol. The summed E-state index contributed by atoms with van der Waals surface area (Å²) >= 11 is 5.95. The van der Waals surface area contributed by atoms with Crippen LogP contribution < -0.4 is 11.1 Å². The number of pyridine rings is 1. The molecule has 0 aliphatic rings. The zero-order valence-corrected chi connectivity index (χ0v) is 11.4. The van der Waals surface area contributed by atoms with Gasteiger partial charge in [0.25, 0.3) is 5.69 Å². The Morgan fingerprint density at radius 2 is 2.22 bits per heavy atom. The number of aromatic nitrogens is 1. The van der Waals surface area contributed by atoms with Gasteiger partial charge in [-0.25, -0.2) is 4.98 Å². The van der Waals surface area contributed by atoms with Gasteiger partial charge in [-0.15, -0.1) is 0 Å². The summed E-state index contributed by atoms with van der Waals surface area (Å²) in [6, 6.07) is 1.25. The molecule has 0 amide bonds. The van der Waals surface area contributed by atoms with Gasteiger partial charge in [0.1, 0.15) is 12.0 Å². The van der Waals surface area contributed by atoms with E-state index >= 15 is 0 Å². The monoisotopic (exact) mass is 272 g/mol. The summed E-state index contributed by atoms with van der Waals surface area (Å²) in [5.74, 6) is 0.410. The van der Waals surface area contributed by atoms with Crippen LogP contribution in [0.3, 0.4) is 0 Å². The third-order valence-electron chi connectivity index (χ3n) is 2.63. The van der Waals surface area contributed by atoms with Crippen LogP contribution in [0.5, 0.6) is 0 Å². The quantitative estimate of drug-likeness (QED) is 0.648. The van der Waals surface area contributed by atoms with Crippen molar-refractivity contribution in [1.29, 1.82) is 0 Å². The minimum Gasteiger partial charge on any atom is -0.364 e. The standard InChI is InChI=1S/C11H17ClN4O2/c1-11(2,3)9(5-13)15-10-8(12)4-7(6-14-10)16(17)18/h4,6,9H,5,13H2,1-3H3,(H,14,15). The fraction of sp³-hybridized carbons (Fsp3) is 0.545. The van der Waals surface area contributed by atoms with Gasteiger partial charge in [0.15, 0.2) is 0 Å². The Labute approximate surface area is 111 Å². The lowest BCUT2D eigenvalue weighted by Gasteiger charge is -2.31. The SMILES string of the molecule is CC(C)(C)C(CN)Nc1ncc([N+](=O)[O-])cc1Cl. The van der Waals surface area contributed by atoms with Crippen LogP contribution in [-0.2, 0) is 0 Å². The number of halogens is 1. The Balaban J connectivity index is 2.95. The summed E-state index contributed by atoms with van der Waals surface area (Å²) in [6.07, 6.45) is 1.17. The zero-order valence-electron chi connectivity index (χ0n) is 10.6. The van der Waals surface area contributed by atoms with E-state index in [9.17, 15) is 10.1 Å². The fourth-order valence-electron chi connectivity index (χ4n) is 1.43. The van der Waals surface area contributed by atoms with Gasteiger partial charge in [-0.2, -0.15) is 0 Å². The molecule has 1 aromatic rings. The van der Waals surface area contributed by atoms with E-state index in [1.54, 1.807) is 0 Å². The number of nitrogens with zero attached hydrogens (tertiary/aromatic N) is 2. The summed E-state index contributed by atoms with van der Waals surface area (Å²) in [5, 5.41) is 13.9. The normalized spacial score (nSPS) is 13.2. The number of nitrogens with two attached hydrogens (primary N) is 1. The van der Waals surface area contributed by atoms with Crippen molar-refractivity contribution in [1.82, 2.24) is 4.98 Å². The van der Waals surface area contributed by atoms with Gasteiger partial charge in [-0.1, -0.05) is 32.4 Å². The first-order valence-electron chi connectivity index (χ1n) is 5.52. The van der Waals surface area contributed by atoms with Gasteiger partial charge in [0.2, 0.25) is 0 Å². The smallest absolute Gasteiger partial charge is 0.289 e. The summed E-state index contributed by atoms with van der Waals surface area (Å²) in [6.45, 7) is 6.53. The summed E-state index contributed by atoms with van der Waals surface area (Å²) in [7, 11) is 0. The van der Waals surface area contributed by atoms with E-state index in [4.69, 9.17) is 17.3 Å². The Morgan fingerprint density at radius 3 is 2.61 bits per heavy atom. The van der Waals surface area contributed by atoms with Gasteiger partial charge in [-0.3, -0.25) is 10.1 Å². The van der Waals surface area contributed by atoms with E-state index in [0.717, 1.165) is 0 Å². The molecule has 0 fully saturated rings. The number of nitrogens with one attached hydrogen (secondary N) is 1. The molecule has 6 nitrogen and oxygen atoms in total. The molecule has 0 aromatic carbocycles. The van der Waals surface area contributed by atoms with Crippen LogP contribution in [0.15, 0.2) is 12.3 Å². The second-order valence-electron chi connectivity index (χ2n) is 5.08. The second-order valence-corrected chi connectivity index (χ2v) is 5.49. The zero-order chi connectivity index (χ0) is 13.9. The highest BCUT2D eigenvalue weighted by atomic mass is 35.5. The van der Waals surface area contributed by atoms with E-state index in [0.29, 0.717) is 12.4 Å². The minimum atomic E-state index is -0.535. The number of hydrogen-bond acceptors (Lipinski definition) is 5. The summed E-state index contributed by atoms with van der Waals surface area (Å²) < 4.78 is 0. The lowest BCUT2D eigenvalue weighted by atomic mass is 9.87. The highest BCUT2D eigenvalue weighted by Gasteiger charge is 2.24. The van der Waals surface area contributed by atoms with E-state index in [1.165, 1.54) is 12.3 Å². The molecule has 7 heteroatoms. The largest absolute Gasteiger partial charge is 0.364 e. The number of nitro groups is 1. The van der Waals surface area contributed by atoms with E-state index in [-0.39, 0.29) is 22.2 Å². The van der Waals surface area contributed by atoms with E-state index in [1.807, 2.05) is 20.8 Å². The van der Waals surface area contributed by atoms with Crippen molar-refractivity contribution in [3.63, 3.8) is 0 Å². The van der Waals surface area contributed by atoms with Gasteiger partial charge in [-0.05, 0) is 5.41 Å². The average molecular weight is 273 g/mol. The average Bonchev–Trinajstić information content (AvgIpc) is 2.25. The van der Waals surface area contributed by atoms with Crippen molar-refractivity contribution in [2.75, 3.05) is 11.9 Å². The topological polar surface area (TPSA) is 94.1 Å². The van der Waals surface area contributed by atoms with Crippen molar-refractivity contribution in [2.45, 2.75) is 26.8 Å². The second kappa shape index (κ2) is 5.49. The molecule has 3 N–H and O–H groups in total. The van der Waals surface area contributed by atoms with Crippen molar-refractivity contribution >= 4 is 23.1 Å². The first kappa shape index (κ1) is 14.7. The lowest BCUT2D eigenvalue weighted by molar-refractivity contribution is -0.385. The number of hydrogen-bond donors (Lipinski definition) is 2. The van der Waals surface area contributed by atoms with Crippen LogP contribution in [-0.4, -0.2) is 22.5 Å². The van der Waals surface area contributed by atoms with Crippen LogP contribution in [0.1, 0.15) is 20.8 Å². The molecular weight excluding hydrogens is 256 g/mol. The third kappa shape index (κ3) is 3.54. The molecule has 1 aromatic heterocycles. The van der Waals surface area contributed by atoms with Crippen molar-refractivity contribution in [3.05, 3.63) is 27.4 Å². The Morgan fingerprint density at radius 1 is 1.61 bits per heavy atom. The molecule has 0 spiro atoms. The molecule has 0 radical (unpaired) electrons. The molecule has 1 heterocycles. The molecular formula is C11H17ClN4O2. The van der Waals surface area contributed by atoms with Gasteiger partial charge < -0.3 is 11.1 Å². The van der Waals surface area contributed by atoms with Gasteiger partial charge in [0, 0.05) is 18.7 Å². The first-order valence-corrected chi connectivity index (χ1v) is 5.90. The maximum Gasteiger partial charge on any atom is 0.289 e.